The number of esters is 1. The summed E-state index contributed by atoms with van der Waals surface area (Å²) in [4.78, 5) is 35.3. The van der Waals surface area contributed by atoms with E-state index in [0.29, 0.717) is 5.56 Å². The van der Waals surface area contributed by atoms with Crippen LogP contribution in [0.1, 0.15) is 23.1 Å². The van der Waals surface area contributed by atoms with Crippen molar-refractivity contribution in [2.45, 2.75) is 44.2 Å². The Morgan fingerprint density at radius 3 is 2.47 bits per heavy atom. The topological polar surface area (TPSA) is 156 Å². The summed E-state index contributed by atoms with van der Waals surface area (Å²) in [7, 11) is -4.10. The van der Waals surface area contributed by atoms with Gasteiger partial charge in [-0.2, -0.15) is 4.31 Å². The van der Waals surface area contributed by atoms with Gasteiger partial charge in [0.2, 0.25) is 10.0 Å². The molecule has 0 saturated carbocycles. The van der Waals surface area contributed by atoms with Crippen molar-refractivity contribution in [3.8, 4) is 0 Å². The van der Waals surface area contributed by atoms with E-state index < -0.39 is 45.6 Å². The van der Waals surface area contributed by atoms with Gasteiger partial charge in [0.15, 0.2) is 6.61 Å². The molecule has 182 valence electrons. The standard InChI is InChI=1S/C22H25N3O8S/c1-13-5-7-18(8-15(13)3)34(31,32)24-11-17(26)10-20(24)22(28)33-12-21(27)23-16-6-4-14(2)19(9-16)25(29)30/h4-9,17,20,26H,10-12H2,1-3H3,(H,23,27)/t17?,20-/m0/s1. The molecule has 1 aliphatic rings. The fourth-order valence-electron chi connectivity index (χ4n) is 3.59. The molecule has 0 bridgehead atoms. The summed E-state index contributed by atoms with van der Waals surface area (Å²) in [6, 6.07) is 7.39. The molecule has 1 saturated heterocycles. The Hall–Kier alpha value is -3.35. The smallest absolute Gasteiger partial charge is 0.325 e. The van der Waals surface area contributed by atoms with E-state index >= 15 is 0 Å². The van der Waals surface area contributed by atoms with Gasteiger partial charge in [-0.3, -0.25) is 19.7 Å². The maximum Gasteiger partial charge on any atom is 0.325 e. The van der Waals surface area contributed by atoms with Crippen molar-refractivity contribution in [2.75, 3.05) is 18.5 Å². The van der Waals surface area contributed by atoms with Crippen LogP contribution in [-0.4, -0.2) is 59.9 Å². The van der Waals surface area contributed by atoms with E-state index in [-0.39, 0.29) is 29.2 Å². The minimum absolute atomic E-state index is 0.0128. The highest BCUT2D eigenvalue weighted by Gasteiger charge is 2.44. The van der Waals surface area contributed by atoms with E-state index in [2.05, 4.69) is 5.32 Å². The number of anilines is 1. The number of nitro groups is 1. The first-order chi connectivity index (χ1) is 15.9. The van der Waals surface area contributed by atoms with Crippen molar-refractivity contribution in [3.63, 3.8) is 0 Å². The Balaban J connectivity index is 1.68. The lowest BCUT2D eigenvalue weighted by atomic mass is 10.1. The lowest BCUT2D eigenvalue weighted by Crippen LogP contribution is -2.42. The predicted molar refractivity (Wildman–Crippen MR) is 122 cm³/mol. The lowest BCUT2D eigenvalue weighted by Gasteiger charge is -2.22. The summed E-state index contributed by atoms with van der Waals surface area (Å²) in [5, 5.41) is 23.5. The molecule has 2 N–H and O–H groups in total. The number of nitrogens with one attached hydrogen (secondary N) is 1. The molecule has 0 aromatic heterocycles. The van der Waals surface area contributed by atoms with Gasteiger partial charge in [0.25, 0.3) is 11.6 Å². The molecule has 11 nitrogen and oxygen atoms in total. The normalized spacial score (nSPS) is 18.5. The van der Waals surface area contributed by atoms with Gasteiger partial charge in [0.1, 0.15) is 6.04 Å². The number of ether oxygens (including phenoxy) is 1. The number of amides is 1. The number of aryl methyl sites for hydroxylation is 3. The number of rotatable bonds is 7. The third kappa shape index (κ3) is 5.41. The van der Waals surface area contributed by atoms with E-state index in [1.165, 1.54) is 30.3 Å². The van der Waals surface area contributed by atoms with Crippen LogP contribution in [0.5, 0.6) is 0 Å². The number of benzene rings is 2. The van der Waals surface area contributed by atoms with Crippen LogP contribution < -0.4 is 5.32 Å². The Morgan fingerprint density at radius 1 is 1.15 bits per heavy atom. The number of aliphatic hydroxyl groups is 1. The largest absolute Gasteiger partial charge is 0.454 e. The first-order valence-corrected chi connectivity index (χ1v) is 11.8. The van der Waals surface area contributed by atoms with Crippen LogP contribution in [0.4, 0.5) is 11.4 Å². The Bertz CT molecular complexity index is 1240. The van der Waals surface area contributed by atoms with Crippen molar-refractivity contribution in [1.82, 2.24) is 4.31 Å². The molecule has 1 fully saturated rings. The maximum atomic E-state index is 13.1. The third-order valence-corrected chi connectivity index (χ3v) is 7.50. The van der Waals surface area contributed by atoms with Gasteiger partial charge in [-0.15, -0.1) is 0 Å². The molecule has 12 heteroatoms. The van der Waals surface area contributed by atoms with E-state index in [0.717, 1.165) is 15.4 Å². The molecule has 0 aliphatic carbocycles. The molecule has 1 amide bonds. The monoisotopic (exact) mass is 491 g/mol. The minimum atomic E-state index is -4.10. The van der Waals surface area contributed by atoms with Crippen LogP contribution in [0, 0.1) is 30.9 Å². The number of aliphatic hydroxyl groups excluding tert-OH is 1. The van der Waals surface area contributed by atoms with E-state index in [1.54, 1.807) is 19.9 Å². The zero-order valence-corrected chi connectivity index (χ0v) is 19.7. The summed E-state index contributed by atoms with van der Waals surface area (Å²) in [6.07, 6.45) is -1.24. The van der Waals surface area contributed by atoms with E-state index in [9.17, 15) is 33.2 Å². The number of hydrogen-bond donors (Lipinski definition) is 2. The summed E-state index contributed by atoms with van der Waals surface area (Å²) in [6.45, 7) is 4.14. The highest BCUT2D eigenvalue weighted by Crippen LogP contribution is 2.28. The number of carbonyl (C=O) groups excluding carboxylic acids is 2. The van der Waals surface area contributed by atoms with Gasteiger partial charge < -0.3 is 15.2 Å². The van der Waals surface area contributed by atoms with E-state index in [1.807, 2.05) is 6.92 Å². The zero-order chi connectivity index (χ0) is 25.2. The Labute approximate surface area is 196 Å². The Morgan fingerprint density at radius 2 is 1.82 bits per heavy atom. The number of sulfonamides is 1. The fraction of sp³-hybridized carbons (Fsp3) is 0.364. The molecule has 1 unspecified atom stereocenters. The van der Waals surface area contributed by atoms with E-state index in [4.69, 9.17) is 4.74 Å². The van der Waals surface area contributed by atoms with Gasteiger partial charge >= 0.3 is 5.97 Å². The molecule has 1 heterocycles. The van der Waals surface area contributed by atoms with Crippen LogP contribution in [0.25, 0.3) is 0 Å². The first-order valence-electron chi connectivity index (χ1n) is 10.4. The average Bonchev–Trinajstić information content (AvgIpc) is 3.17. The van der Waals surface area contributed by atoms with Crippen molar-refractivity contribution < 1.29 is 32.8 Å². The number of hydrogen-bond acceptors (Lipinski definition) is 8. The van der Waals surface area contributed by atoms with Gasteiger partial charge in [-0.1, -0.05) is 12.1 Å². The van der Waals surface area contributed by atoms with Gasteiger partial charge in [-0.05, 0) is 50.1 Å². The summed E-state index contributed by atoms with van der Waals surface area (Å²) in [5.41, 5.74) is 2.05. The Kier molecular flexibility index (Phi) is 7.34. The molecule has 2 aromatic rings. The van der Waals surface area contributed by atoms with Crippen molar-refractivity contribution in [1.29, 1.82) is 0 Å². The van der Waals surface area contributed by atoms with Crippen molar-refractivity contribution in [3.05, 3.63) is 63.2 Å². The molecular formula is C22H25N3O8S. The molecule has 1 aliphatic heterocycles. The number of nitro benzene ring substituents is 1. The summed E-state index contributed by atoms with van der Waals surface area (Å²) in [5.74, 6) is -1.73. The predicted octanol–water partition coefficient (Wildman–Crippen LogP) is 1.83. The average molecular weight is 492 g/mol. The van der Waals surface area contributed by atoms with Crippen molar-refractivity contribution in [2.24, 2.45) is 0 Å². The van der Waals surface area contributed by atoms with Crippen LogP contribution in [0.15, 0.2) is 41.3 Å². The van der Waals surface area contributed by atoms with Crippen LogP contribution >= 0.6 is 0 Å². The fourth-order valence-corrected chi connectivity index (χ4v) is 5.30. The van der Waals surface area contributed by atoms with Gasteiger partial charge in [0, 0.05) is 30.3 Å². The second-order valence-corrected chi connectivity index (χ2v) is 10.0. The molecular weight excluding hydrogens is 466 g/mol. The summed E-state index contributed by atoms with van der Waals surface area (Å²) >= 11 is 0. The minimum Gasteiger partial charge on any atom is -0.454 e. The number of β-amino-alcohol motifs (C(OH)–C–C–N with tert-alkyl or cyclic N) is 1. The van der Waals surface area contributed by atoms with Crippen molar-refractivity contribution >= 4 is 33.3 Å². The molecule has 0 spiro atoms. The first kappa shape index (κ1) is 25.3. The van der Waals surface area contributed by atoms with Gasteiger partial charge in [-0.25, -0.2) is 8.42 Å². The highest BCUT2D eigenvalue weighted by atomic mass is 32.2. The SMILES string of the molecule is Cc1ccc(S(=O)(=O)N2CC(O)C[C@H]2C(=O)OCC(=O)Nc2ccc(C)c([N+](=O)[O-])c2)cc1C. The quantitative estimate of drug-likeness (QED) is 0.337. The lowest BCUT2D eigenvalue weighted by molar-refractivity contribution is -0.385. The van der Waals surface area contributed by atoms with Crippen LogP contribution in [0.2, 0.25) is 0 Å². The highest BCUT2D eigenvalue weighted by molar-refractivity contribution is 7.89. The summed E-state index contributed by atoms with van der Waals surface area (Å²) < 4.78 is 32.1. The molecule has 0 radical (unpaired) electrons. The molecule has 34 heavy (non-hydrogen) atoms. The molecule has 2 atom stereocenters. The third-order valence-electron chi connectivity index (χ3n) is 5.63. The number of carbonyl (C=O) groups is 2. The zero-order valence-electron chi connectivity index (χ0n) is 18.8. The number of nitrogens with zero attached hydrogens (tertiary/aromatic N) is 2. The molecule has 3 rings (SSSR count). The van der Waals surface area contributed by atoms with Crippen LogP contribution in [0.3, 0.4) is 0 Å². The second kappa shape index (κ2) is 9.87. The van der Waals surface area contributed by atoms with Crippen LogP contribution in [-0.2, 0) is 24.3 Å². The maximum absolute atomic E-state index is 13.1. The molecule has 2 aromatic carbocycles. The second-order valence-electron chi connectivity index (χ2n) is 8.14. The van der Waals surface area contributed by atoms with Gasteiger partial charge in [0.05, 0.1) is 15.9 Å².